The van der Waals surface area contributed by atoms with Gasteiger partial charge in [0.1, 0.15) is 12.4 Å². The van der Waals surface area contributed by atoms with Gasteiger partial charge in [0.2, 0.25) is 5.91 Å². The standard InChI is InChI=1S/C24H31N3O5/c1-6-11-27-18-13-17(8-10-19(18)32-15-24(2,3)22(27)28)26-23(29)25-14-16-7-9-20(30-4)21(12-16)31-5/h7-10,12-13H,6,11,14-15H2,1-5H3,(H2,25,26,29). The molecular weight excluding hydrogens is 410 g/mol. The number of rotatable bonds is 7. The maximum atomic E-state index is 13.0. The van der Waals surface area contributed by atoms with Gasteiger partial charge in [-0.2, -0.15) is 0 Å². The fraction of sp³-hybridized carbons (Fsp3) is 0.417. The highest BCUT2D eigenvalue weighted by Crippen LogP contribution is 2.38. The van der Waals surface area contributed by atoms with E-state index in [2.05, 4.69) is 10.6 Å². The second-order valence-electron chi connectivity index (χ2n) is 8.31. The first kappa shape index (κ1) is 23.2. The number of urea groups is 1. The molecule has 0 atom stereocenters. The second-order valence-corrected chi connectivity index (χ2v) is 8.31. The molecule has 0 spiro atoms. The van der Waals surface area contributed by atoms with Crippen LogP contribution in [0.2, 0.25) is 0 Å². The molecule has 3 amide bonds. The molecule has 0 saturated heterocycles. The minimum absolute atomic E-state index is 0.00755. The predicted octanol–water partition coefficient (Wildman–Crippen LogP) is 4.19. The van der Waals surface area contributed by atoms with Gasteiger partial charge in [-0.25, -0.2) is 4.79 Å². The lowest BCUT2D eigenvalue weighted by Gasteiger charge is -2.27. The molecule has 1 heterocycles. The number of anilines is 2. The lowest BCUT2D eigenvalue weighted by Crippen LogP contribution is -2.42. The summed E-state index contributed by atoms with van der Waals surface area (Å²) in [5.74, 6) is 1.87. The van der Waals surface area contributed by atoms with Crippen molar-refractivity contribution in [2.75, 3.05) is 37.6 Å². The van der Waals surface area contributed by atoms with E-state index < -0.39 is 5.41 Å². The van der Waals surface area contributed by atoms with Crippen LogP contribution in [0.15, 0.2) is 36.4 Å². The molecule has 1 aliphatic rings. The number of methoxy groups -OCH3 is 2. The van der Waals surface area contributed by atoms with Crippen LogP contribution in [-0.2, 0) is 11.3 Å². The molecule has 1 aliphatic heterocycles. The SMILES string of the molecule is CCCN1C(=O)C(C)(C)COc2ccc(NC(=O)NCc3ccc(OC)c(OC)c3)cc21. The minimum Gasteiger partial charge on any atom is -0.493 e. The van der Waals surface area contributed by atoms with E-state index in [1.165, 1.54) is 0 Å². The molecule has 3 rings (SSSR count). The molecule has 0 unspecified atom stereocenters. The van der Waals surface area contributed by atoms with Crippen molar-refractivity contribution in [3.8, 4) is 17.2 Å². The minimum atomic E-state index is -0.626. The van der Waals surface area contributed by atoms with Crippen LogP contribution in [0.4, 0.5) is 16.2 Å². The van der Waals surface area contributed by atoms with Crippen molar-refractivity contribution in [1.82, 2.24) is 5.32 Å². The molecular formula is C24H31N3O5. The Labute approximate surface area is 188 Å². The maximum Gasteiger partial charge on any atom is 0.319 e. The van der Waals surface area contributed by atoms with Crippen LogP contribution < -0.4 is 29.7 Å². The highest BCUT2D eigenvalue weighted by Gasteiger charge is 2.37. The summed E-state index contributed by atoms with van der Waals surface area (Å²) in [5.41, 5.74) is 1.49. The Morgan fingerprint density at radius 3 is 2.56 bits per heavy atom. The monoisotopic (exact) mass is 441 g/mol. The van der Waals surface area contributed by atoms with Gasteiger partial charge < -0.3 is 29.7 Å². The highest BCUT2D eigenvalue weighted by molar-refractivity contribution is 6.00. The third kappa shape index (κ3) is 5.07. The fourth-order valence-corrected chi connectivity index (χ4v) is 3.52. The summed E-state index contributed by atoms with van der Waals surface area (Å²) in [4.78, 5) is 27.3. The number of nitrogens with zero attached hydrogens (tertiary/aromatic N) is 1. The third-order valence-corrected chi connectivity index (χ3v) is 5.27. The van der Waals surface area contributed by atoms with Gasteiger partial charge >= 0.3 is 6.03 Å². The van der Waals surface area contributed by atoms with Gasteiger partial charge in [0, 0.05) is 18.8 Å². The number of benzene rings is 2. The third-order valence-electron chi connectivity index (χ3n) is 5.27. The van der Waals surface area contributed by atoms with Crippen LogP contribution in [0, 0.1) is 5.41 Å². The number of nitrogens with one attached hydrogen (secondary N) is 2. The molecule has 172 valence electrons. The van der Waals surface area contributed by atoms with Crippen molar-refractivity contribution in [3.05, 3.63) is 42.0 Å². The van der Waals surface area contributed by atoms with Crippen LogP contribution in [0.25, 0.3) is 0 Å². The molecule has 32 heavy (non-hydrogen) atoms. The van der Waals surface area contributed by atoms with Gasteiger partial charge in [-0.15, -0.1) is 0 Å². The number of hydrogen-bond donors (Lipinski definition) is 2. The Balaban J connectivity index is 1.71. The van der Waals surface area contributed by atoms with E-state index in [9.17, 15) is 9.59 Å². The van der Waals surface area contributed by atoms with Crippen molar-refractivity contribution in [2.24, 2.45) is 5.41 Å². The van der Waals surface area contributed by atoms with Crippen LogP contribution in [-0.4, -0.2) is 39.3 Å². The lowest BCUT2D eigenvalue weighted by atomic mass is 9.93. The summed E-state index contributed by atoms with van der Waals surface area (Å²) >= 11 is 0. The number of carbonyl (C=O) groups excluding carboxylic acids is 2. The second kappa shape index (κ2) is 9.80. The Kier molecular flexibility index (Phi) is 7.12. The molecule has 8 heteroatoms. The maximum absolute atomic E-state index is 13.0. The van der Waals surface area contributed by atoms with Crippen molar-refractivity contribution in [2.45, 2.75) is 33.7 Å². The predicted molar refractivity (Wildman–Crippen MR) is 124 cm³/mol. The molecule has 2 N–H and O–H groups in total. The summed E-state index contributed by atoms with van der Waals surface area (Å²) in [5, 5.41) is 5.66. The van der Waals surface area contributed by atoms with Gasteiger partial charge in [-0.05, 0) is 56.2 Å². The van der Waals surface area contributed by atoms with Crippen molar-refractivity contribution in [1.29, 1.82) is 0 Å². The first-order chi connectivity index (χ1) is 15.3. The smallest absolute Gasteiger partial charge is 0.319 e. The van der Waals surface area contributed by atoms with Crippen molar-refractivity contribution >= 4 is 23.3 Å². The summed E-state index contributed by atoms with van der Waals surface area (Å²) in [6.07, 6.45) is 0.810. The Hall–Kier alpha value is -3.42. The molecule has 0 saturated carbocycles. The number of ether oxygens (including phenoxy) is 3. The van der Waals surface area contributed by atoms with E-state index in [4.69, 9.17) is 14.2 Å². The largest absolute Gasteiger partial charge is 0.493 e. The van der Waals surface area contributed by atoms with E-state index in [0.29, 0.717) is 48.3 Å². The van der Waals surface area contributed by atoms with Gasteiger partial charge in [0.25, 0.3) is 0 Å². The van der Waals surface area contributed by atoms with Gasteiger partial charge in [0.05, 0.1) is 25.3 Å². The number of carbonyl (C=O) groups is 2. The summed E-state index contributed by atoms with van der Waals surface area (Å²) in [7, 11) is 3.14. The Morgan fingerprint density at radius 1 is 1.12 bits per heavy atom. The average molecular weight is 442 g/mol. The van der Waals surface area contributed by atoms with Gasteiger partial charge in [-0.3, -0.25) is 4.79 Å². The number of hydrogen-bond acceptors (Lipinski definition) is 5. The average Bonchev–Trinajstić information content (AvgIpc) is 2.87. The molecule has 2 aromatic carbocycles. The van der Waals surface area contributed by atoms with Crippen LogP contribution >= 0.6 is 0 Å². The summed E-state index contributed by atoms with van der Waals surface area (Å²) in [6, 6.07) is 10.4. The van der Waals surface area contributed by atoms with Gasteiger partial charge in [-0.1, -0.05) is 13.0 Å². The van der Waals surface area contributed by atoms with E-state index >= 15 is 0 Å². The molecule has 0 aromatic heterocycles. The topological polar surface area (TPSA) is 89.1 Å². The van der Waals surface area contributed by atoms with E-state index in [1.807, 2.05) is 32.9 Å². The molecule has 0 aliphatic carbocycles. The summed E-state index contributed by atoms with van der Waals surface area (Å²) in [6.45, 7) is 6.98. The number of amides is 3. The molecule has 0 fully saturated rings. The first-order valence-electron chi connectivity index (χ1n) is 10.6. The van der Waals surface area contributed by atoms with Crippen LogP contribution in [0.5, 0.6) is 17.2 Å². The normalized spacial score (nSPS) is 14.7. The van der Waals surface area contributed by atoms with E-state index in [-0.39, 0.29) is 11.9 Å². The zero-order valence-corrected chi connectivity index (χ0v) is 19.3. The van der Waals surface area contributed by atoms with Crippen molar-refractivity contribution < 1.29 is 23.8 Å². The highest BCUT2D eigenvalue weighted by atomic mass is 16.5. The van der Waals surface area contributed by atoms with E-state index in [0.717, 1.165) is 12.0 Å². The van der Waals surface area contributed by atoms with Crippen LogP contribution in [0.1, 0.15) is 32.8 Å². The summed E-state index contributed by atoms with van der Waals surface area (Å²) < 4.78 is 16.4. The lowest BCUT2D eigenvalue weighted by molar-refractivity contribution is -0.127. The van der Waals surface area contributed by atoms with Crippen molar-refractivity contribution in [3.63, 3.8) is 0 Å². The van der Waals surface area contributed by atoms with E-state index in [1.54, 1.807) is 43.4 Å². The molecule has 2 aromatic rings. The zero-order chi connectivity index (χ0) is 23.3. The molecule has 0 bridgehead atoms. The fourth-order valence-electron chi connectivity index (χ4n) is 3.52. The quantitative estimate of drug-likeness (QED) is 0.673. The number of fused-ring (bicyclic) bond motifs is 1. The zero-order valence-electron chi connectivity index (χ0n) is 19.3. The Bertz CT molecular complexity index is 990. The Morgan fingerprint density at radius 2 is 1.88 bits per heavy atom. The first-order valence-corrected chi connectivity index (χ1v) is 10.6. The van der Waals surface area contributed by atoms with Crippen LogP contribution in [0.3, 0.4) is 0 Å². The molecule has 8 nitrogen and oxygen atoms in total. The molecule has 0 radical (unpaired) electrons. The van der Waals surface area contributed by atoms with Gasteiger partial charge in [0.15, 0.2) is 11.5 Å².